The predicted molar refractivity (Wildman–Crippen MR) is 81.8 cm³/mol. The quantitative estimate of drug-likeness (QED) is 0.768. The van der Waals surface area contributed by atoms with Crippen molar-refractivity contribution in [3.05, 3.63) is 65.2 Å². The molecule has 0 radical (unpaired) electrons. The van der Waals surface area contributed by atoms with E-state index in [1.807, 2.05) is 6.07 Å². The minimum Gasteiger partial charge on any atom is -0.492 e. The number of carboxylic acid groups (broad SMARTS) is 1. The summed E-state index contributed by atoms with van der Waals surface area (Å²) in [5, 5.41) is 12.2. The molecule has 110 valence electrons. The van der Waals surface area contributed by atoms with E-state index in [-0.39, 0.29) is 5.56 Å². The van der Waals surface area contributed by atoms with Crippen LogP contribution < -0.4 is 10.1 Å². The van der Waals surface area contributed by atoms with E-state index in [2.05, 4.69) is 30.4 Å². The maximum atomic E-state index is 10.8. The van der Waals surface area contributed by atoms with Crippen LogP contribution in [0.5, 0.6) is 5.75 Å². The number of rotatable bonds is 7. The van der Waals surface area contributed by atoms with Crippen molar-refractivity contribution in [3.8, 4) is 5.75 Å². The van der Waals surface area contributed by atoms with Crippen LogP contribution in [0, 0.1) is 6.92 Å². The monoisotopic (exact) mass is 285 g/mol. The van der Waals surface area contributed by atoms with Crippen molar-refractivity contribution in [3.63, 3.8) is 0 Å². The van der Waals surface area contributed by atoms with Gasteiger partial charge in [0.2, 0.25) is 0 Å². The first-order valence-corrected chi connectivity index (χ1v) is 6.87. The number of ether oxygens (including phenoxy) is 1. The van der Waals surface area contributed by atoms with Crippen LogP contribution in [0.15, 0.2) is 48.5 Å². The molecule has 0 fully saturated rings. The third-order valence-electron chi connectivity index (χ3n) is 3.04. The second-order valence-electron chi connectivity index (χ2n) is 4.85. The Labute approximate surface area is 124 Å². The van der Waals surface area contributed by atoms with Crippen LogP contribution in [0.25, 0.3) is 0 Å². The van der Waals surface area contributed by atoms with E-state index in [0.29, 0.717) is 18.9 Å². The summed E-state index contributed by atoms with van der Waals surface area (Å²) in [6.07, 6.45) is 0. The van der Waals surface area contributed by atoms with Crippen LogP contribution in [0.4, 0.5) is 0 Å². The minimum atomic E-state index is -0.946. The number of nitrogens with one attached hydrogen (secondary N) is 1. The fraction of sp³-hybridized carbons (Fsp3) is 0.235. The summed E-state index contributed by atoms with van der Waals surface area (Å²) >= 11 is 0. The highest BCUT2D eigenvalue weighted by Gasteiger charge is 2.03. The molecule has 4 nitrogen and oxygen atoms in total. The van der Waals surface area contributed by atoms with E-state index in [9.17, 15) is 4.79 Å². The van der Waals surface area contributed by atoms with Gasteiger partial charge < -0.3 is 15.2 Å². The van der Waals surface area contributed by atoms with Gasteiger partial charge in [0.05, 0.1) is 5.56 Å². The van der Waals surface area contributed by atoms with Crippen molar-refractivity contribution in [2.45, 2.75) is 13.5 Å². The summed E-state index contributed by atoms with van der Waals surface area (Å²) < 4.78 is 5.53. The van der Waals surface area contributed by atoms with E-state index >= 15 is 0 Å². The van der Waals surface area contributed by atoms with Gasteiger partial charge >= 0.3 is 5.97 Å². The minimum absolute atomic E-state index is 0.236. The fourth-order valence-corrected chi connectivity index (χ4v) is 2.01. The van der Waals surface area contributed by atoms with Gasteiger partial charge in [-0.2, -0.15) is 0 Å². The molecule has 2 aromatic carbocycles. The average Bonchev–Trinajstić information content (AvgIpc) is 2.47. The van der Waals surface area contributed by atoms with Gasteiger partial charge in [-0.1, -0.05) is 35.9 Å². The van der Waals surface area contributed by atoms with Gasteiger partial charge in [-0.3, -0.25) is 0 Å². The first-order chi connectivity index (χ1) is 10.1. The Hall–Kier alpha value is -2.33. The van der Waals surface area contributed by atoms with E-state index in [0.717, 1.165) is 6.54 Å². The Morgan fingerprint density at radius 3 is 2.76 bits per heavy atom. The highest BCUT2D eigenvalue weighted by molar-refractivity contribution is 5.87. The zero-order valence-corrected chi connectivity index (χ0v) is 12.0. The molecule has 0 saturated heterocycles. The molecule has 0 saturated carbocycles. The van der Waals surface area contributed by atoms with Crippen LogP contribution in [-0.2, 0) is 6.54 Å². The lowest BCUT2D eigenvalue weighted by molar-refractivity contribution is 0.0696. The zero-order valence-electron chi connectivity index (χ0n) is 12.0. The smallest absolute Gasteiger partial charge is 0.335 e. The molecule has 0 amide bonds. The van der Waals surface area contributed by atoms with Crippen molar-refractivity contribution >= 4 is 5.97 Å². The number of carboxylic acids is 1. The lowest BCUT2D eigenvalue weighted by Gasteiger charge is -2.08. The van der Waals surface area contributed by atoms with Crippen molar-refractivity contribution in [2.24, 2.45) is 0 Å². The molecule has 2 rings (SSSR count). The first kappa shape index (κ1) is 15.1. The van der Waals surface area contributed by atoms with Crippen molar-refractivity contribution < 1.29 is 14.6 Å². The van der Waals surface area contributed by atoms with E-state index in [1.165, 1.54) is 17.2 Å². The average molecular weight is 285 g/mol. The number of aromatic carboxylic acids is 1. The zero-order chi connectivity index (χ0) is 15.1. The number of hydrogen-bond acceptors (Lipinski definition) is 3. The van der Waals surface area contributed by atoms with E-state index < -0.39 is 5.97 Å². The first-order valence-electron chi connectivity index (χ1n) is 6.87. The van der Waals surface area contributed by atoms with Gasteiger partial charge in [0, 0.05) is 13.1 Å². The van der Waals surface area contributed by atoms with Gasteiger partial charge in [-0.05, 0) is 30.7 Å². The number of hydrogen-bond donors (Lipinski definition) is 2. The summed E-state index contributed by atoms with van der Waals surface area (Å²) in [6.45, 7) is 4.06. The fourth-order valence-electron chi connectivity index (χ4n) is 2.01. The molecular formula is C17H19NO3. The van der Waals surface area contributed by atoms with Crippen LogP contribution in [-0.4, -0.2) is 24.2 Å². The Morgan fingerprint density at radius 2 is 2.00 bits per heavy atom. The maximum Gasteiger partial charge on any atom is 0.335 e. The molecule has 0 atom stereocenters. The molecule has 0 spiro atoms. The summed E-state index contributed by atoms with van der Waals surface area (Å²) in [7, 11) is 0. The van der Waals surface area contributed by atoms with Gasteiger partial charge in [-0.15, -0.1) is 0 Å². The molecule has 0 unspecified atom stereocenters. The molecule has 2 N–H and O–H groups in total. The lowest BCUT2D eigenvalue weighted by atomic mass is 10.1. The molecule has 0 bridgehead atoms. The second-order valence-corrected chi connectivity index (χ2v) is 4.85. The molecule has 0 aromatic heterocycles. The largest absolute Gasteiger partial charge is 0.492 e. The van der Waals surface area contributed by atoms with E-state index in [4.69, 9.17) is 9.84 Å². The summed E-state index contributed by atoms with van der Waals surface area (Å²) in [5.41, 5.74) is 2.72. The molecule has 0 aliphatic rings. The summed E-state index contributed by atoms with van der Waals surface area (Å²) in [5.74, 6) is -0.370. The lowest BCUT2D eigenvalue weighted by Crippen LogP contribution is -2.20. The number of aryl methyl sites for hydroxylation is 1. The maximum absolute atomic E-state index is 10.8. The second kappa shape index (κ2) is 7.45. The molecule has 0 aliphatic carbocycles. The van der Waals surface area contributed by atoms with Crippen molar-refractivity contribution in [1.29, 1.82) is 0 Å². The van der Waals surface area contributed by atoms with Gasteiger partial charge in [0.15, 0.2) is 0 Å². The third-order valence-corrected chi connectivity index (χ3v) is 3.04. The molecule has 4 heteroatoms. The van der Waals surface area contributed by atoms with Crippen molar-refractivity contribution in [1.82, 2.24) is 5.32 Å². The normalized spacial score (nSPS) is 10.3. The molecule has 0 aliphatic heterocycles. The number of carbonyl (C=O) groups is 1. The highest BCUT2D eigenvalue weighted by Crippen LogP contribution is 2.13. The molecule has 0 heterocycles. The summed E-state index contributed by atoms with van der Waals surface area (Å²) in [4.78, 5) is 10.8. The molecule has 2 aromatic rings. The molecular weight excluding hydrogens is 266 g/mol. The van der Waals surface area contributed by atoms with Crippen LogP contribution in [0.2, 0.25) is 0 Å². The third kappa shape index (κ3) is 4.93. The van der Waals surface area contributed by atoms with E-state index in [1.54, 1.807) is 18.2 Å². The standard InChI is InChI=1S/C17H19NO3/c1-13-4-2-5-14(10-13)12-18-8-9-21-16-7-3-6-15(11-16)17(19)20/h2-7,10-11,18H,8-9,12H2,1H3,(H,19,20). The Morgan fingerprint density at radius 1 is 1.19 bits per heavy atom. The predicted octanol–water partition coefficient (Wildman–Crippen LogP) is 2.86. The summed E-state index contributed by atoms with van der Waals surface area (Å²) in [6, 6.07) is 14.9. The Bertz CT molecular complexity index is 610. The van der Waals surface area contributed by atoms with Crippen LogP contribution in [0.3, 0.4) is 0 Å². The van der Waals surface area contributed by atoms with Gasteiger partial charge in [0.25, 0.3) is 0 Å². The highest BCUT2D eigenvalue weighted by atomic mass is 16.5. The number of benzene rings is 2. The van der Waals surface area contributed by atoms with Gasteiger partial charge in [0.1, 0.15) is 12.4 Å². The van der Waals surface area contributed by atoms with Gasteiger partial charge in [-0.25, -0.2) is 4.79 Å². The Balaban J connectivity index is 1.72. The van der Waals surface area contributed by atoms with Crippen molar-refractivity contribution in [2.75, 3.05) is 13.2 Å². The SMILES string of the molecule is Cc1cccc(CNCCOc2cccc(C(=O)O)c2)c1. The van der Waals surface area contributed by atoms with Crippen LogP contribution >= 0.6 is 0 Å². The topological polar surface area (TPSA) is 58.6 Å². The molecule has 21 heavy (non-hydrogen) atoms. The Kier molecular flexibility index (Phi) is 5.35. The van der Waals surface area contributed by atoms with Crippen LogP contribution in [0.1, 0.15) is 21.5 Å².